The standard InChI is InChI=1S/C13H7Br3N2/c14-9-3-4-12(11(16)5-9)18-13-6-10(15)2-1-8(13)7-17/h1-6,18H. The van der Waals surface area contributed by atoms with Crippen molar-refractivity contribution < 1.29 is 0 Å². The topological polar surface area (TPSA) is 35.8 Å². The number of nitrogens with zero attached hydrogens (tertiary/aromatic N) is 1. The van der Waals surface area contributed by atoms with Crippen molar-refractivity contribution in [3.8, 4) is 6.07 Å². The van der Waals surface area contributed by atoms with Gasteiger partial charge < -0.3 is 5.32 Å². The lowest BCUT2D eigenvalue weighted by Crippen LogP contribution is -1.94. The van der Waals surface area contributed by atoms with Crippen LogP contribution in [0.2, 0.25) is 0 Å². The first-order chi connectivity index (χ1) is 8.60. The van der Waals surface area contributed by atoms with Crippen LogP contribution in [0.4, 0.5) is 11.4 Å². The molecule has 0 atom stereocenters. The molecule has 2 aromatic carbocycles. The highest BCUT2D eigenvalue weighted by Gasteiger charge is 2.06. The van der Waals surface area contributed by atoms with E-state index < -0.39 is 0 Å². The maximum absolute atomic E-state index is 9.08. The molecule has 0 saturated carbocycles. The van der Waals surface area contributed by atoms with Crippen LogP contribution in [0.15, 0.2) is 49.8 Å². The van der Waals surface area contributed by atoms with E-state index in [0.29, 0.717) is 5.56 Å². The van der Waals surface area contributed by atoms with Crippen LogP contribution in [0.1, 0.15) is 5.56 Å². The fraction of sp³-hybridized carbons (Fsp3) is 0. The van der Waals surface area contributed by atoms with Crippen molar-refractivity contribution in [2.75, 3.05) is 5.32 Å². The van der Waals surface area contributed by atoms with Crippen molar-refractivity contribution in [1.29, 1.82) is 5.26 Å². The molecule has 0 aliphatic heterocycles. The first-order valence-corrected chi connectivity index (χ1v) is 7.40. The number of benzene rings is 2. The number of hydrogen-bond acceptors (Lipinski definition) is 2. The fourth-order valence-electron chi connectivity index (χ4n) is 1.45. The van der Waals surface area contributed by atoms with Crippen LogP contribution in [-0.4, -0.2) is 0 Å². The molecule has 0 heterocycles. The van der Waals surface area contributed by atoms with E-state index in [1.807, 2.05) is 30.3 Å². The number of rotatable bonds is 2. The van der Waals surface area contributed by atoms with Crippen LogP contribution < -0.4 is 5.32 Å². The Morgan fingerprint density at radius 2 is 1.56 bits per heavy atom. The predicted molar refractivity (Wildman–Crippen MR) is 84.0 cm³/mol. The molecule has 2 nitrogen and oxygen atoms in total. The van der Waals surface area contributed by atoms with Gasteiger partial charge in [0.2, 0.25) is 0 Å². The summed E-state index contributed by atoms with van der Waals surface area (Å²) in [7, 11) is 0. The third-order valence-corrected chi connectivity index (χ3v) is 3.95. The van der Waals surface area contributed by atoms with E-state index in [4.69, 9.17) is 5.26 Å². The molecule has 90 valence electrons. The second kappa shape index (κ2) is 5.87. The molecule has 0 unspecified atom stereocenters. The zero-order valence-corrected chi connectivity index (χ0v) is 13.8. The van der Waals surface area contributed by atoms with Gasteiger partial charge in [0.25, 0.3) is 0 Å². The van der Waals surface area contributed by atoms with Crippen molar-refractivity contribution in [3.63, 3.8) is 0 Å². The van der Waals surface area contributed by atoms with Crippen molar-refractivity contribution in [1.82, 2.24) is 0 Å². The molecule has 0 bridgehead atoms. The Hall–Kier alpha value is -0.830. The fourth-order valence-corrected chi connectivity index (χ4v) is 2.96. The molecule has 0 amide bonds. The van der Waals surface area contributed by atoms with Crippen molar-refractivity contribution in [2.45, 2.75) is 0 Å². The van der Waals surface area contributed by atoms with Gasteiger partial charge in [0.1, 0.15) is 6.07 Å². The summed E-state index contributed by atoms with van der Waals surface area (Å²) >= 11 is 10.3. The van der Waals surface area contributed by atoms with E-state index in [-0.39, 0.29) is 0 Å². The van der Waals surface area contributed by atoms with Gasteiger partial charge in [-0.25, -0.2) is 0 Å². The zero-order valence-electron chi connectivity index (χ0n) is 9.05. The number of nitriles is 1. The van der Waals surface area contributed by atoms with E-state index >= 15 is 0 Å². The minimum Gasteiger partial charge on any atom is -0.353 e. The normalized spacial score (nSPS) is 9.89. The number of nitrogens with one attached hydrogen (secondary N) is 1. The summed E-state index contributed by atoms with van der Waals surface area (Å²) in [5.74, 6) is 0. The summed E-state index contributed by atoms with van der Waals surface area (Å²) in [6, 6.07) is 13.5. The summed E-state index contributed by atoms with van der Waals surface area (Å²) in [5.41, 5.74) is 2.29. The number of hydrogen-bond donors (Lipinski definition) is 1. The zero-order chi connectivity index (χ0) is 13.1. The van der Waals surface area contributed by atoms with E-state index in [2.05, 4.69) is 59.2 Å². The Morgan fingerprint density at radius 3 is 2.22 bits per heavy atom. The minimum atomic E-state index is 0.605. The molecule has 0 aliphatic rings. The largest absolute Gasteiger partial charge is 0.353 e. The highest BCUT2D eigenvalue weighted by atomic mass is 79.9. The molecule has 0 spiro atoms. The Labute approximate surface area is 130 Å². The van der Waals surface area contributed by atoms with Crippen LogP contribution in [0.3, 0.4) is 0 Å². The average molecular weight is 431 g/mol. The van der Waals surface area contributed by atoms with Gasteiger partial charge in [-0.2, -0.15) is 5.26 Å². The van der Waals surface area contributed by atoms with Gasteiger partial charge in [-0.15, -0.1) is 0 Å². The highest BCUT2D eigenvalue weighted by Crippen LogP contribution is 2.31. The molecule has 2 aromatic rings. The number of anilines is 2. The van der Waals surface area contributed by atoms with E-state index in [9.17, 15) is 0 Å². The molecule has 5 heteroatoms. The van der Waals surface area contributed by atoms with E-state index in [0.717, 1.165) is 24.8 Å². The third kappa shape index (κ3) is 3.14. The van der Waals surface area contributed by atoms with Crippen molar-refractivity contribution >= 4 is 59.2 Å². The SMILES string of the molecule is N#Cc1ccc(Br)cc1Nc1ccc(Br)cc1Br. The summed E-state index contributed by atoms with van der Waals surface area (Å²) in [6.07, 6.45) is 0. The Bertz CT molecular complexity index is 633. The molecular weight excluding hydrogens is 424 g/mol. The smallest absolute Gasteiger partial charge is 0.101 e. The summed E-state index contributed by atoms with van der Waals surface area (Å²) in [6.45, 7) is 0. The molecule has 2 rings (SSSR count). The second-order valence-electron chi connectivity index (χ2n) is 3.55. The van der Waals surface area contributed by atoms with Crippen molar-refractivity contribution in [2.24, 2.45) is 0 Å². The lowest BCUT2D eigenvalue weighted by molar-refractivity contribution is 1.44. The highest BCUT2D eigenvalue weighted by molar-refractivity contribution is 9.11. The molecule has 18 heavy (non-hydrogen) atoms. The predicted octanol–water partition coefficient (Wildman–Crippen LogP) is 5.59. The summed E-state index contributed by atoms with van der Waals surface area (Å²) in [5, 5.41) is 12.3. The second-order valence-corrected chi connectivity index (χ2v) is 6.24. The average Bonchev–Trinajstić information content (AvgIpc) is 2.33. The van der Waals surface area contributed by atoms with Crippen LogP contribution in [0.25, 0.3) is 0 Å². The van der Waals surface area contributed by atoms with E-state index in [1.165, 1.54) is 0 Å². The van der Waals surface area contributed by atoms with Crippen LogP contribution in [0.5, 0.6) is 0 Å². The first-order valence-electron chi connectivity index (χ1n) is 5.02. The maximum Gasteiger partial charge on any atom is 0.101 e. The molecular formula is C13H7Br3N2. The van der Waals surface area contributed by atoms with Gasteiger partial charge >= 0.3 is 0 Å². The lowest BCUT2D eigenvalue weighted by Gasteiger charge is -2.10. The maximum atomic E-state index is 9.08. The van der Waals surface area contributed by atoms with E-state index in [1.54, 1.807) is 6.07 Å². The lowest BCUT2D eigenvalue weighted by atomic mass is 10.2. The molecule has 0 radical (unpaired) electrons. The third-order valence-electron chi connectivity index (χ3n) is 2.30. The quantitative estimate of drug-likeness (QED) is 0.674. The molecule has 0 saturated heterocycles. The summed E-state index contributed by atoms with van der Waals surface area (Å²) < 4.78 is 2.85. The van der Waals surface area contributed by atoms with Crippen LogP contribution >= 0.6 is 47.8 Å². The van der Waals surface area contributed by atoms with Crippen LogP contribution in [0, 0.1) is 11.3 Å². The Kier molecular flexibility index (Phi) is 4.44. The number of halogens is 3. The van der Waals surface area contributed by atoms with Crippen molar-refractivity contribution in [3.05, 3.63) is 55.4 Å². The molecule has 0 aliphatic carbocycles. The monoisotopic (exact) mass is 428 g/mol. The van der Waals surface area contributed by atoms with Gasteiger partial charge in [0.05, 0.1) is 16.9 Å². The van der Waals surface area contributed by atoms with Crippen LogP contribution in [-0.2, 0) is 0 Å². The Morgan fingerprint density at radius 1 is 0.889 bits per heavy atom. The van der Waals surface area contributed by atoms with Gasteiger partial charge in [-0.3, -0.25) is 0 Å². The Balaban J connectivity index is 2.40. The van der Waals surface area contributed by atoms with Gasteiger partial charge in [0, 0.05) is 13.4 Å². The molecule has 0 fully saturated rings. The molecule has 0 aromatic heterocycles. The van der Waals surface area contributed by atoms with Gasteiger partial charge in [-0.1, -0.05) is 31.9 Å². The van der Waals surface area contributed by atoms with Gasteiger partial charge in [0.15, 0.2) is 0 Å². The minimum absolute atomic E-state index is 0.605. The summed E-state index contributed by atoms with van der Waals surface area (Å²) in [4.78, 5) is 0. The first kappa shape index (κ1) is 13.6. The molecule has 1 N–H and O–H groups in total. The van der Waals surface area contributed by atoms with Gasteiger partial charge in [-0.05, 0) is 52.3 Å².